The number of halogens is 1. The first-order valence-corrected chi connectivity index (χ1v) is 10.6. The molecule has 0 N–H and O–H groups in total. The van der Waals surface area contributed by atoms with Crippen molar-refractivity contribution < 1.29 is 13.9 Å². The van der Waals surface area contributed by atoms with Gasteiger partial charge in [-0.3, -0.25) is 4.79 Å². The maximum Gasteiger partial charge on any atom is 0.251 e. The highest BCUT2D eigenvalue weighted by atomic mass is 19.1. The van der Waals surface area contributed by atoms with Crippen molar-refractivity contribution in [3.05, 3.63) is 83.0 Å². The third-order valence-electron chi connectivity index (χ3n) is 5.55. The number of benzene rings is 2. The molecule has 0 aliphatic carbocycles. The van der Waals surface area contributed by atoms with Crippen LogP contribution < -0.4 is 15.1 Å². The molecule has 3 heterocycles. The quantitative estimate of drug-likeness (QED) is 0.468. The van der Waals surface area contributed by atoms with Gasteiger partial charge in [-0.05, 0) is 30.3 Å². The Morgan fingerprint density at radius 1 is 1.00 bits per heavy atom. The van der Waals surface area contributed by atoms with E-state index in [2.05, 4.69) is 10.2 Å². The summed E-state index contributed by atoms with van der Waals surface area (Å²) in [5.74, 6) is -0.378. The number of ether oxygens (including phenoxy) is 2. The number of para-hydroxylation sites is 1. The molecule has 5 rings (SSSR count). The van der Waals surface area contributed by atoms with E-state index < -0.39 is 11.2 Å². The third-order valence-corrected chi connectivity index (χ3v) is 5.55. The van der Waals surface area contributed by atoms with Crippen molar-refractivity contribution in [3.63, 3.8) is 0 Å². The van der Waals surface area contributed by atoms with Gasteiger partial charge in [0.1, 0.15) is 5.69 Å². The van der Waals surface area contributed by atoms with Crippen molar-refractivity contribution in [1.82, 2.24) is 19.6 Å². The Hall–Kier alpha value is -3.98. The number of hydrogen-bond acceptors (Lipinski definition) is 6. The Balaban J connectivity index is 1.65. The molecule has 33 heavy (non-hydrogen) atoms. The SMILES string of the molecule is COc1cn(-c2cccc(N3CCOCC3)c2F)nc(-c2ccnn2-c2ccccc2)c1=O. The summed E-state index contributed by atoms with van der Waals surface area (Å²) in [4.78, 5) is 15.0. The molecule has 0 spiro atoms. The van der Waals surface area contributed by atoms with Crippen LogP contribution >= 0.6 is 0 Å². The van der Waals surface area contributed by atoms with Gasteiger partial charge in [-0.1, -0.05) is 24.3 Å². The molecule has 0 radical (unpaired) electrons. The minimum absolute atomic E-state index is 0.0528. The molecule has 1 fully saturated rings. The second-order valence-corrected chi connectivity index (χ2v) is 7.49. The summed E-state index contributed by atoms with van der Waals surface area (Å²) in [6.07, 6.45) is 2.99. The molecule has 1 aliphatic rings. The molecule has 0 atom stereocenters. The lowest BCUT2D eigenvalue weighted by molar-refractivity contribution is 0.122. The van der Waals surface area contributed by atoms with E-state index in [0.717, 1.165) is 5.69 Å². The van der Waals surface area contributed by atoms with Crippen molar-refractivity contribution in [2.24, 2.45) is 0 Å². The van der Waals surface area contributed by atoms with Crippen molar-refractivity contribution >= 4 is 5.69 Å². The highest BCUT2D eigenvalue weighted by molar-refractivity contribution is 5.60. The smallest absolute Gasteiger partial charge is 0.251 e. The van der Waals surface area contributed by atoms with E-state index in [4.69, 9.17) is 9.47 Å². The number of aromatic nitrogens is 4. The highest BCUT2D eigenvalue weighted by Crippen LogP contribution is 2.27. The summed E-state index contributed by atoms with van der Waals surface area (Å²) in [5, 5.41) is 8.86. The molecular weight excluding hydrogens is 425 g/mol. The van der Waals surface area contributed by atoms with Crippen LogP contribution in [0.25, 0.3) is 22.8 Å². The zero-order valence-electron chi connectivity index (χ0n) is 18.0. The Morgan fingerprint density at radius 2 is 1.76 bits per heavy atom. The lowest BCUT2D eigenvalue weighted by atomic mass is 10.2. The zero-order valence-corrected chi connectivity index (χ0v) is 18.0. The minimum Gasteiger partial charge on any atom is -0.491 e. The number of hydrogen-bond donors (Lipinski definition) is 0. The van der Waals surface area contributed by atoms with Crippen LogP contribution in [0.5, 0.6) is 5.75 Å². The number of nitrogens with zero attached hydrogens (tertiary/aromatic N) is 5. The number of morpholine rings is 1. The molecule has 2 aromatic heterocycles. The molecule has 168 valence electrons. The van der Waals surface area contributed by atoms with E-state index in [-0.39, 0.29) is 17.1 Å². The summed E-state index contributed by atoms with van der Waals surface area (Å²) in [5.41, 5.74) is 1.62. The van der Waals surface area contributed by atoms with Gasteiger partial charge in [-0.2, -0.15) is 10.2 Å². The predicted molar refractivity (Wildman–Crippen MR) is 122 cm³/mol. The molecular formula is C24H22FN5O3. The molecule has 4 aromatic rings. The van der Waals surface area contributed by atoms with E-state index in [0.29, 0.717) is 37.7 Å². The van der Waals surface area contributed by atoms with Crippen LogP contribution in [0.3, 0.4) is 0 Å². The second-order valence-electron chi connectivity index (χ2n) is 7.49. The van der Waals surface area contributed by atoms with Gasteiger partial charge >= 0.3 is 0 Å². The standard InChI is InChI=1S/C24H22FN5O3/c1-32-21-16-29(19-9-5-8-18(22(19)25)28-12-14-33-15-13-28)27-23(24(21)31)20-10-11-26-30(20)17-6-3-2-4-7-17/h2-11,16H,12-15H2,1H3. The number of anilines is 1. The lowest BCUT2D eigenvalue weighted by Crippen LogP contribution is -2.36. The third kappa shape index (κ3) is 3.87. The zero-order chi connectivity index (χ0) is 22.8. The lowest BCUT2D eigenvalue weighted by Gasteiger charge is -2.29. The van der Waals surface area contributed by atoms with Crippen molar-refractivity contribution in [3.8, 4) is 28.5 Å². The van der Waals surface area contributed by atoms with Gasteiger partial charge in [0.2, 0.25) is 0 Å². The van der Waals surface area contributed by atoms with Crippen LogP contribution in [0.15, 0.2) is 71.8 Å². The topological polar surface area (TPSA) is 74.4 Å². The van der Waals surface area contributed by atoms with E-state index in [9.17, 15) is 4.79 Å². The van der Waals surface area contributed by atoms with E-state index in [1.807, 2.05) is 35.2 Å². The Kier molecular flexibility index (Phi) is 5.62. The van der Waals surface area contributed by atoms with Crippen LogP contribution in [0.1, 0.15) is 0 Å². The molecule has 1 saturated heterocycles. The van der Waals surface area contributed by atoms with Crippen molar-refractivity contribution in [2.75, 3.05) is 38.3 Å². The molecule has 9 heteroatoms. The van der Waals surface area contributed by atoms with E-state index >= 15 is 4.39 Å². The molecule has 0 bridgehead atoms. The first-order valence-electron chi connectivity index (χ1n) is 10.6. The van der Waals surface area contributed by atoms with Gasteiger partial charge in [-0.15, -0.1) is 0 Å². The van der Waals surface area contributed by atoms with Gasteiger partial charge in [0, 0.05) is 13.1 Å². The summed E-state index contributed by atoms with van der Waals surface area (Å²) in [6.45, 7) is 2.29. The normalized spacial score (nSPS) is 13.8. The molecule has 0 unspecified atom stereocenters. The van der Waals surface area contributed by atoms with Gasteiger partial charge in [0.25, 0.3) is 5.43 Å². The first-order chi connectivity index (χ1) is 16.2. The largest absolute Gasteiger partial charge is 0.491 e. The van der Waals surface area contributed by atoms with E-state index in [1.54, 1.807) is 35.1 Å². The Labute approximate surface area is 189 Å². The maximum atomic E-state index is 15.6. The molecule has 2 aromatic carbocycles. The minimum atomic E-state index is -0.430. The molecule has 1 aliphatic heterocycles. The average molecular weight is 447 g/mol. The fourth-order valence-electron chi connectivity index (χ4n) is 3.90. The molecule has 0 amide bonds. The molecule has 0 saturated carbocycles. The van der Waals surface area contributed by atoms with Gasteiger partial charge in [0.15, 0.2) is 17.3 Å². The maximum absolute atomic E-state index is 15.6. The van der Waals surface area contributed by atoms with Crippen molar-refractivity contribution in [2.45, 2.75) is 0 Å². The fraction of sp³-hybridized carbons (Fsp3) is 0.208. The number of methoxy groups -OCH3 is 1. The fourth-order valence-corrected chi connectivity index (χ4v) is 3.90. The Bertz CT molecular complexity index is 1330. The summed E-state index contributed by atoms with van der Waals surface area (Å²) in [6, 6.07) is 16.2. The summed E-state index contributed by atoms with van der Waals surface area (Å²) in [7, 11) is 1.40. The molecule has 8 nitrogen and oxygen atoms in total. The summed E-state index contributed by atoms with van der Waals surface area (Å²) >= 11 is 0. The average Bonchev–Trinajstić information content (AvgIpc) is 3.35. The van der Waals surface area contributed by atoms with Crippen LogP contribution in [0.4, 0.5) is 10.1 Å². The number of rotatable bonds is 5. The van der Waals surface area contributed by atoms with Crippen LogP contribution in [0.2, 0.25) is 0 Å². The first kappa shape index (κ1) is 20.9. The highest BCUT2D eigenvalue weighted by Gasteiger charge is 2.21. The van der Waals surface area contributed by atoms with Crippen LogP contribution in [0, 0.1) is 5.82 Å². The Morgan fingerprint density at radius 3 is 2.52 bits per heavy atom. The van der Waals surface area contributed by atoms with Gasteiger partial charge < -0.3 is 14.4 Å². The van der Waals surface area contributed by atoms with Gasteiger partial charge in [0.05, 0.1) is 49.8 Å². The van der Waals surface area contributed by atoms with Crippen LogP contribution in [-0.4, -0.2) is 53.0 Å². The van der Waals surface area contributed by atoms with Crippen LogP contribution in [-0.2, 0) is 4.74 Å². The van der Waals surface area contributed by atoms with Gasteiger partial charge in [-0.25, -0.2) is 13.8 Å². The summed E-state index contributed by atoms with van der Waals surface area (Å²) < 4.78 is 29.3. The van der Waals surface area contributed by atoms with E-state index in [1.165, 1.54) is 18.0 Å². The van der Waals surface area contributed by atoms with Crippen molar-refractivity contribution in [1.29, 1.82) is 0 Å². The predicted octanol–water partition coefficient (Wildman–Crippen LogP) is 3.07. The second kappa shape index (κ2) is 8.87. The monoisotopic (exact) mass is 447 g/mol.